The lowest BCUT2D eigenvalue weighted by molar-refractivity contribution is 0.0686. The number of rotatable bonds is 0. The summed E-state index contributed by atoms with van der Waals surface area (Å²) in [5, 5.41) is 9.17. The molecular formula is C7H10O2. The van der Waals surface area contributed by atoms with Gasteiger partial charge < -0.3 is 9.84 Å². The second kappa shape index (κ2) is 1.58. The van der Waals surface area contributed by atoms with Crippen LogP contribution in [0.2, 0.25) is 0 Å². The summed E-state index contributed by atoms with van der Waals surface area (Å²) < 4.78 is 5.35. The van der Waals surface area contributed by atoms with Crippen LogP contribution >= 0.6 is 0 Å². The molecule has 0 aliphatic carbocycles. The highest BCUT2D eigenvalue weighted by atomic mass is 16.5. The van der Waals surface area contributed by atoms with Crippen molar-refractivity contribution in [2.45, 2.75) is 31.7 Å². The molecule has 0 unspecified atom stereocenters. The van der Waals surface area contributed by atoms with Crippen molar-refractivity contribution in [1.29, 1.82) is 0 Å². The molecule has 0 radical (unpaired) electrons. The van der Waals surface area contributed by atoms with E-state index >= 15 is 0 Å². The topological polar surface area (TPSA) is 29.5 Å². The Kier molecular flexibility index (Phi) is 0.957. The van der Waals surface area contributed by atoms with Crippen LogP contribution in [0.1, 0.15) is 13.3 Å². The van der Waals surface area contributed by atoms with E-state index < -0.39 is 0 Å². The van der Waals surface area contributed by atoms with Crippen molar-refractivity contribution in [3.63, 3.8) is 0 Å². The average molecular weight is 126 g/mol. The highest BCUT2D eigenvalue weighted by molar-refractivity contribution is 5.20. The minimum absolute atomic E-state index is 0.00926. The van der Waals surface area contributed by atoms with E-state index in [2.05, 4.69) is 6.92 Å². The van der Waals surface area contributed by atoms with Crippen molar-refractivity contribution in [1.82, 2.24) is 0 Å². The third-order valence-corrected chi connectivity index (χ3v) is 2.09. The van der Waals surface area contributed by atoms with Gasteiger partial charge in [-0.1, -0.05) is 6.08 Å². The van der Waals surface area contributed by atoms with Crippen LogP contribution in [0.5, 0.6) is 0 Å². The van der Waals surface area contributed by atoms with Gasteiger partial charge in [-0.15, -0.1) is 0 Å². The fourth-order valence-electron chi connectivity index (χ4n) is 1.50. The highest BCUT2D eigenvalue weighted by Crippen LogP contribution is 2.33. The molecular weight excluding hydrogens is 116 g/mol. The van der Waals surface area contributed by atoms with Gasteiger partial charge in [-0.25, -0.2) is 0 Å². The van der Waals surface area contributed by atoms with Crippen LogP contribution in [0.15, 0.2) is 11.6 Å². The molecule has 0 saturated carbocycles. The van der Waals surface area contributed by atoms with E-state index in [1.54, 1.807) is 0 Å². The third kappa shape index (κ3) is 0.635. The SMILES string of the molecule is CC1=C[C@H]2O[C@@H]1C[C@H]2O. The lowest BCUT2D eigenvalue weighted by Crippen LogP contribution is -2.18. The van der Waals surface area contributed by atoms with E-state index in [4.69, 9.17) is 9.84 Å². The summed E-state index contributed by atoms with van der Waals surface area (Å²) in [5.41, 5.74) is 1.28. The first-order valence-corrected chi connectivity index (χ1v) is 3.29. The molecule has 9 heavy (non-hydrogen) atoms. The minimum Gasteiger partial charge on any atom is -0.390 e. The number of aliphatic hydroxyl groups is 1. The van der Waals surface area contributed by atoms with Crippen molar-refractivity contribution in [2.75, 3.05) is 0 Å². The molecule has 2 aliphatic rings. The molecule has 0 spiro atoms. The van der Waals surface area contributed by atoms with E-state index in [0.717, 1.165) is 6.42 Å². The minimum atomic E-state index is -0.237. The van der Waals surface area contributed by atoms with Crippen LogP contribution < -0.4 is 0 Å². The quantitative estimate of drug-likeness (QED) is 0.478. The van der Waals surface area contributed by atoms with Gasteiger partial charge in [0.05, 0.1) is 12.2 Å². The zero-order chi connectivity index (χ0) is 6.43. The van der Waals surface area contributed by atoms with Crippen LogP contribution in [-0.4, -0.2) is 23.4 Å². The lowest BCUT2D eigenvalue weighted by Gasteiger charge is -2.08. The van der Waals surface area contributed by atoms with E-state index in [1.165, 1.54) is 5.57 Å². The van der Waals surface area contributed by atoms with Gasteiger partial charge in [0.25, 0.3) is 0 Å². The van der Waals surface area contributed by atoms with E-state index in [0.29, 0.717) is 0 Å². The summed E-state index contributed by atoms with van der Waals surface area (Å²) in [6.45, 7) is 2.05. The Morgan fingerprint density at radius 3 is 2.89 bits per heavy atom. The summed E-state index contributed by atoms with van der Waals surface area (Å²) in [6.07, 6.45) is 2.81. The molecule has 0 aromatic rings. The normalized spacial score (nSPS) is 47.8. The Morgan fingerprint density at radius 2 is 2.56 bits per heavy atom. The maximum absolute atomic E-state index is 9.17. The monoisotopic (exact) mass is 126 g/mol. The van der Waals surface area contributed by atoms with Gasteiger partial charge in [0.15, 0.2) is 0 Å². The number of hydrogen-bond acceptors (Lipinski definition) is 2. The highest BCUT2D eigenvalue weighted by Gasteiger charge is 2.38. The molecule has 0 aromatic carbocycles. The predicted molar refractivity (Wildman–Crippen MR) is 33.0 cm³/mol. The largest absolute Gasteiger partial charge is 0.390 e. The molecule has 2 rings (SSSR count). The Labute approximate surface area is 54.1 Å². The second-order valence-corrected chi connectivity index (χ2v) is 2.80. The van der Waals surface area contributed by atoms with Gasteiger partial charge in [0, 0.05) is 6.42 Å². The molecule has 3 atom stereocenters. The van der Waals surface area contributed by atoms with Crippen molar-refractivity contribution in [2.24, 2.45) is 0 Å². The standard InChI is InChI=1S/C7H10O2/c1-4-2-7-5(8)3-6(4)9-7/h2,5-8H,3H2,1H3/t5-,6-,7-/m1/s1. The lowest BCUT2D eigenvalue weighted by atomic mass is 9.99. The van der Waals surface area contributed by atoms with Crippen molar-refractivity contribution >= 4 is 0 Å². The molecule has 0 amide bonds. The molecule has 2 heteroatoms. The van der Waals surface area contributed by atoms with Gasteiger partial charge in [0.2, 0.25) is 0 Å². The van der Waals surface area contributed by atoms with E-state index in [1.807, 2.05) is 6.08 Å². The molecule has 1 N–H and O–H groups in total. The fraction of sp³-hybridized carbons (Fsp3) is 0.714. The number of aliphatic hydroxyl groups excluding tert-OH is 1. The first kappa shape index (κ1) is 5.45. The molecule has 0 aromatic heterocycles. The predicted octanol–water partition coefficient (Wildman–Crippen LogP) is 0.465. The summed E-state index contributed by atoms with van der Waals surface area (Å²) >= 11 is 0. The number of ether oxygens (including phenoxy) is 1. The Balaban J connectivity index is 2.25. The molecule has 1 fully saturated rings. The molecule has 2 heterocycles. The Hall–Kier alpha value is -0.340. The maximum atomic E-state index is 9.17. The molecule has 50 valence electrons. The maximum Gasteiger partial charge on any atom is 0.103 e. The van der Waals surface area contributed by atoms with Crippen molar-refractivity contribution in [3.8, 4) is 0 Å². The third-order valence-electron chi connectivity index (χ3n) is 2.09. The molecule has 1 saturated heterocycles. The molecule has 2 nitrogen and oxygen atoms in total. The first-order valence-electron chi connectivity index (χ1n) is 3.29. The van der Waals surface area contributed by atoms with Gasteiger partial charge in [-0.05, 0) is 12.5 Å². The van der Waals surface area contributed by atoms with E-state index in [9.17, 15) is 0 Å². The average Bonchev–Trinajstić information content (AvgIpc) is 2.24. The van der Waals surface area contributed by atoms with Crippen molar-refractivity contribution in [3.05, 3.63) is 11.6 Å². The number of hydrogen-bond donors (Lipinski definition) is 1. The van der Waals surface area contributed by atoms with Gasteiger partial charge >= 0.3 is 0 Å². The van der Waals surface area contributed by atoms with Crippen LogP contribution in [0.3, 0.4) is 0 Å². The smallest absolute Gasteiger partial charge is 0.103 e. The summed E-state index contributed by atoms with van der Waals surface area (Å²) in [6, 6.07) is 0. The Morgan fingerprint density at radius 1 is 1.78 bits per heavy atom. The molecule has 2 aliphatic heterocycles. The summed E-state index contributed by atoms with van der Waals surface area (Å²) in [7, 11) is 0. The summed E-state index contributed by atoms with van der Waals surface area (Å²) in [5.74, 6) is 0. The number of fused-ring (bicyclic) bond motifs is 2. The van der Waals surface area contributed by atoms with Gasteiger partial charge in [-0.3, -0.25) is 0 Å². The Bertz CT molecular complexity index is 162. The zero-order valence-corrected chi connectivity index (χ0v) is 5.37. The fourth-order valence-corrected chi connectivity index (χ4v) is 1.50. The van der Waals surface area contributed by atoms with Crippen LogP contribution in [-0.2, 0) is 4.74 Å². The first-order chi connectivity index (χ1) is 4.27. The summed E-state index contributed by atoms with van der Waals surface area (Å²) in [4.78, 5) is 0. The van der Waals surface area contributed by atoms with Gasteiger partial charge in [0.1, 0.15) is 6.10 Å². The second-order valence-electron chi connectivity index (χ2n) is 2.80. The van der Waals surface area contributed by atoms with Crippen LogP contribution in [0, 0.1) is 0 Å². The molecule has 2 bridgehead atoms. The van der Waals surface area contributed by atoms with Crippen LogP contribution in [0.4, 0.5) is 0 Å². The van der Waals surface area contributed by atoms with E-state index in [-0.39, 0.29) is 18.3 Å². The van der Waals surface area contributed by atoms with Crippen molar-refractivity contribution < 1.29 is 9.84 Å². The van der Waals surface area contributed by atoms with Gasteiger partial charge in [-0.2, -0.15) is 0 Å². The zero-order valence-electron chi connectivity index (χ0n) is 5.37. The van der Waals surface area contributed by atoms with Crippen LogP contribution in [0.25, 0.3) is 0 Å².